The molecule has 1 amide bonds. The number of nitrogens with one attached hydrogen (secondary N) is 1. The number of anilines is 1. The number of nitrogens with zero attached hydrogens (tertiary/aromatic N) is 5. The Kier molecular flexibility index (Phi) is 3.98. The van der Waals surface area contributed by atoms with Crippen molar-refractivity contribution in [3.8, 4) is 0 Å². The molecule has 8 nitrogen and oxygen atoms in total. The molecule has 3 N–H and O–H groups in total. The van der Waals surface area contributed by atoms with Gasteiger partial charge in [-0.05, 0) is 32.8 Å². The van der Waals surface area contributed by atoms with Crippen molar-refractivity contribution >= 4 is 39.6 Å². The van der Waals surface area contributed by atoms with Gasteiger partial charge in [0.15, 0.2) is 0 Å². The van der Waals surface area contributed by atoms with Crippen molar-refractivity contribution in [2.45, 2.75) is 6.54 Å². The van der Waals surface area contributed by atoms with Crippen LogP contribution in [0.5, 0.6) is 0 Å². The van der Waals surface area contributed by atoms with Crippen LogP contribution in [0.2, 0.25) is 0 Å². The van der Waals surface area contributed by atoms with Crippen molar-refractivity contribution in [3.05, 3.63) is 60.2 Å². The number of rotatable bonds is 4. The molecule has 0 aliphatic rings. The van der Waals surface area contributed by atoms with E-state index in [1.165, 1.54) is 0 Å². The monoisotopic (exact) mass is 345 g/mol. The maximum atomic E-state index is 11.9. The summed E-state index contributed by atoms with van der Waals surface area (Å²) in [6.07, 6.45) is 1.66. The number of nitrogens with two attached hydrogens (primary N) is 1. The van der Waals surface area contributed by atoms with E-state index < -0.39 is 0 Å². The zero-order valence-electron chi connectivity index (χ0n) is 13.7. The summed E-state index contributed by atoms with van der Waals surface area (Å²) in [5, 5.41) is 19.4. The van der Waals surface area contributed by atoms with Crippen molar-refractivity contribution in [2.24, 2.45) is 5.10 Å². The Hall–Kier alpha value is -3.81. The van der Waals surface area contributed by atoms with E-state index in [0.717, 1.165) is 31.9 Å². The number of hydrazone groups is 1. The van der Waals surface area contributed by atoms with E-state index in [-0.39, 0.29) is 18.4 Å². The third-order valence-corrected chi connectivity index (χ3v) is 3.95. The number of nitrogen functional groups attached to an aromatic ring is 1. The molecule has 1 heterocycles. The highest BCUT2D eigenvalue weighted by atomic mass is 16.2. The first-order chi connectivity index (χ1) is 12.7. The summed E-state index contributed by atoms with van der Waals surface area (Å²) >= 11 is 0. The van der Waals surface area contributed by atoms with E-state index in [4.69, 9.17) is 5.73 Å². The van der Waals surface area contributed by atoms with E-state index in [1.807, 2.05) is 36.4 Å². The van der Waals surface area contributed by atoms with Gasteiger partial charge in [0.05, 0.1) is 6.21 Å². The number of carbonyl (C=O) groups is 1. The third kappa shape index (κ3) is 3.07. The number of tetrazole rings is 1. The molecule has 0 saturated carbocycles. The zero-order chi connectivity index (χ0) is 17.9. The van der Waals surface area contributed by atoms with Crippen LogP contribution in [0.25, 0.3) is 21.5 Å². The SMILES string of the molecule is Nc1nnn(CC(=O)N/N=C\c2c3ccccc3cc3ccccc23)n1. The van der Waals surface area contributed by atoms with E-state index in [9.17, 15) is 4.79 Å². The summed E-state index contributed by atoms with van der Waals surface area (Å²) in [5.41, 5.74) is 8.80. The molecule has 4 rings (SSSR count). The van der Waals surface area contributed by atoms with Crippen molar-refractivity contribution < 1.29 is 4.79 Å². The first-order valence-electron chi connectivity index (χ1n) is 7.96. The van der Waals surface area contributed by atoms with E-state index in [0.29, 0.717) is 0 Å². The molecule has 26 heavy (non-hydrogen) atoms. The Balaban J connectivity index is 1.62. The molecule has 3 aromatic carbocycles. The Morgan fingerprint density at radius 1 is 1.12 bits per heavy atom. The van der Waals surface area contributed by atoms with Crippen LogP contribution in [0, 0.1) is 0 Å². The lowest BCUT2D eigenvalue weighted by Gasteiger charge is -2.07. The summed E-state index contributed by atoms with van der Waals surface area (Å²) < 4.78 is 0. The van der Waals surface area contributed by atoms with Gasteiger partial charge < -0.3 is 5.73 Å². The van der Waals surface area contributed by atoms with Gasteiger partial charge in [0.25, 0.3) is 11.9 Å². The average molecular weight is 345 g/mol. The first-order valence-corrected chi connectivity index (χ1v) is 7.96. The minimum Gasteiger partial charge on any atom is -0.365 e. The minimum absolute atomic E-state index is 0.0172. The average Bonchev–Trinajstić information content (AvgIpc) is 3.05. The van der Waals surface area contributed by atoms with E-state index in [1.54, 1.807) is 6.21 Å². The standard InChI is InChI=1S/C18H15N7O/c19-18-22-24-25(23-18)11-17(26)21-20-10-16-14-7-3-1-5-12(14)9-13-6-2-4-8-15(13)16/h1-10H,11H2,(H2,19,23)(H,21,26)/b20-10-. The van der Waals surface area contributed by atoms with Gasteiger partial charge in [-0.2, -0.15) is 9.90 Å². The van der Waals surface area contributed by atoms with Gasteiger partial charge in [-0.1, -0.05) is 53.6 Å². The van der Waals surface area contributed by atoms with Crippen LogP contribution in [-0.2, 0) is 11.3 Å². The van der Waals surface area contributed by atoms with Crippen LogP contribution in [0.3, 0.4) is 0 Å². The van der Waals surface area contributed by atoms with Gasteiger partial charge in [0.1, 0.15) is 6.54 Å². The number of hydrogen-bond donors (Lipinski definition) is 2. The van der Waals surface area contributed by atoms with Gasteiger partial charge in [-0.3, -0.25) is 4.79 Å². The fourth-order valence-corrected chi connectivity index (χ4v) is 2.84. The molecule has 128 valence electrons. The molecule has 4 aromatic rings. The van der Waals surface area contributed by atoms with Crippen molar-refractivity contribution in [1.82, 2.24) is 25.6 Å². The molecule has 0 unspecified atom stereocenters. The van der Waals surface area contributed by atoms with Gasteiger partial charge >= 0.3 is 0 Å². The molecule has 0 aliphatic heterocycles. The second kappa shape index (κ2) is 6.60. The fourth-order valence-electron chi connectivity index (χ4n) is 2.84. The molecule has 0 radical (unpaired) electrons. The normalized spacial score (nSPS) is 11.4. The first kappa shape index (κ1) is 15.7. The van der Waals surface area contributed by atoms with Crippen molar-refractivity contribution in [2.75, 3.05) is 5.73 Å². The van der Waals surface area contributed by atoms with Gasteiger partial charge in [0, 0.05) is 5.56 Å². The highest BCUT2D eigenvalue weighted by molar-refractivity contribution is 6.13. The maximum Gasteiger partial charge on any atom is 0.263 e. The third-order valence-electron chi connectivity index (χ3n) is 3.95. The molecule has 8 heteroatoms. The van der Waals surface area contributed by atoms with Crippen LogP contribution in [0.15, 0.2) is 59.7 Å². The number of amides is 1. The molecular weight excluding hydrogens is 330 g/mol. The summed E-state index contributed by atoms with van der Waals surface area (Å²) in [7, 11) is 0. The van der Waals surface area contributed by atoms with Crippen LogP contribution in [0.1, 0.15) is 5.56 Å². The molecule has 0 aliphatic carbocycles. The van der Waals surface area contributed by atoms with Gasteiger partial charge in [-0.15, -0.1) is 5.10 Å². The quantitative estimate of drug-likeness (QED) is 0.332. The fraction of sp³-hybridized carbons (Fsp3) is 0.0556. The molecular formula is C18H15N7O. The number of aromatic nitrogens is 4. The molecule has 1 aromatic heterocycles. The maximum absolute atomic E-state index is 11.9. The van der Waals surface area contributed by atoms with Crippen molar-refractivity contribution in [3.63, 3.8) is 0 Å². The van der Waals surface area contributed by atoms with Gasteiger partial charge in [0.2, 0.25) is 0 Å². The minimum atomic E-state index is -0.372. The second-order valence-corrected chi connectivity index (χ2v) is 5.70. The lowest BCUT2D eigenvalue weighted by Crippen LogP contribution is -2.24. The molecule has 0 bridgehead atoms. The Labute approximate surface area is 148 Å². The van der Waals surface area contributed by atoms with Crippen LogP contribution < -0.4 is 11.2 Å². The largest absolute Gasteiger partial charge is 0.365 e. The lowest BCUT2D eigenvalue weighted by molar-refractivity contribution is -0.122. The Morgan fingerprint density at radius 2 is 1.77 bits per heavy atom. The highest BCUT2D eigenvalue weighted by Gasteiger charge is 2.07. The summed E-state index contributed by atoms with van der Waals surface area (Å²) in [6.45, 7) is -0.113. The van der Waals surface area contributed by atoms with Crippen LogP contribution >= 0.6 is 0 Å². The van der Waals surface area contributed by atoms with E-state index in [2.05, 4.69) is 44.1 Å². The Bertz CT molecular complexity index is 1080. The highest BCUT2D eigenvalue weighted by Crippen LogP contribution is 2.27. The summed E-state index contributed by atoms with van der Waals surface area (Å²) in [4.78, 5) is 13.0. The summed E-state index contributed by atoms with van der Waals surface area (Å²) in [6, 6.07) is 18.3. The number of fused-ring (bicyclic) bond motifs is 2. The number of hydrogen-bond acceptors (Lipinski definition) is 6. The zero-order valence-corrected chi connectivity index (χ0v) is 13.7. The topological polar surface area (TPSA) is 111 Å². The van der Waals surface area contributed by atoms with Crippen LogP contribution in [0.4, 0.5) is 5.95 Å². The number of carbonyl (C=O) groups excluding carboxylic acids is 1. The summed E-state index contributed by atoms with van der Waals surface area (Å²) in [5.74, 6) is -0.355. The van der Waals surface area contributed by atoms with Crippen LogP contribution in [-0.4, -0.2) is 32.3 Å². The van der Waals surface area contributed by atoms with Crippen molar-refractivity contribution in [1.29, 1.82) is 0 Å². The molecule has 0 fully saturated rings. The lowest BCUT2D eigenvalue weighted by atomic mass is 9.97. The Morgan fingerprint density at radius 3 is 2.38 bits per heavy atom. The predicted octanol–water partition coefficient (Wildman–Crippen LogP) is 1.71. The van der Waals surface area contributed by atoms with E-state index >= 15 is 0 Å². The molecule has 0 atom stereocenters. The molecule has 0 spiro atoms. The van der Waals surface area contributed by atoms with Gasteiger partial charge in [-0.25, -0.2) is 5.43 Å². The molecule has 0 saturated heterocycles. The number of benzene rings is 3. The second-order valence-electron chi connectivity index (χ2n) is 5.70. The predicted molar refractivity (Wildman–Crippen MR) is 99.4 cm³/mol. The smallest absolute Gasteiger partial charge is 0.263 e.